The predicted molar refractivity (Wildman–Crippen MR) is 88.3 cm³/mol. The van der Waals surface area contributed by atoms with Gasteiger partial charge in [-0.3, -0.25) is 4.72 Å². The van der Waals surface area contributed by atoms with E-state index < -0.39 is 16.0 Å². The van der Waals surface area contributed by atoms with Gasteiger partial charge < -0.3 is 14.9 Å². The summed E-state index contributed by atoms with van der Waals surface area (Å²) in [7, 11) is -2.74. The molecular weight excluding hydrogens is 334 g/mol. The fourth-order valence-electron chi connectivity index (χ4n) is 2.08. The number of aryl methyl sites for hydroxylation is 2. The van der Waals surface area contributed by atoms with Crippen LogP contribution in [0.2, 0.25) is 0 Å². The number of methoxy groups -OCH3 is 1. The van der Waals surface area contributed by atoms with Crippen molar-refractivity contribution in [2.75, 3.05) is 11.8 Å². The van der Waals surface area contributed by atoms with Crippen LogP contribution < -0.4 is 9.46 Å². The van der Waals surface area contributed by atoms with Crippen LogP contribution in [0.5, 0.6) is 11.5 Å². The Morgan fingerprint density at radius 1 is 1.12 bits per heavy atom. The van der Waals surface area contributed by atoms with Crippen LogP contribution in [0.1, 0.15) is 21.5 Å². The molecule has 2 aromatic rings. The lowest BCUT2D eigenvalue weighted by atomic mass is 10.1. The predicted octanol–water partition coefficient (Wildman–Crippen LogP) is 2.52. The summed E-state index contributed by atoms with van der Waals surface area (Å²) in [6.45, 7) is 3.58. The van der Waals surface area contributed by atoms with E-state index in [4.69, 9.17) is 9.84 Å². The van der Waals surface area contributed by atoms with Crippen LogP contribution in [-0.2, 0) is 10.0 Å². The molecule has 7 nitrogen and oxygen atoms in total. The lowest BCUT2D eigenvalue weighted by Gasteiger charge is -2.14. The molecule has 0 aliphatic heterocycles. The molecule has 0 aliphatic rings. The number of benzene rings is 2. The van der Waals surface area contributed by atoms with Gasteiger partial charge in [-0.2, -0.15) is 0 Å². The number of nitrogens with one attached hydrogen (secondary N) is 1. The van der Waals surface area contributed by atoms with E-state index in [0.717, 1.165) is 23.3 Å². The molecule has 0 radical (unpaired) electrons. The molecule has 0 saturated carbocycles. The second-order valence-corrected chi connectivity index (χ2v) is 6.88. The zero-order valence-electron chi connectivity index (χ0n) is 13.3. The minimum atomic E-state index is -4.09. The van der Waals surface area contributed by atoms with E-state index in [-0.39, 0.29) is 27.6 Å². The van der Waals surface area contributed by atoms with Gasteiger partial charge in [-0.05, 0) is 55.3 Å². The first-order valence-corrected chi connectivity index (χ1v) is 8.38. The summed E-state index contributed by atoms with van der Waals surface area (Å²) in [5, 5.41) is 18.8. The van der Waals surface area contributed by atoms with Gasteiger partial charge in [0, 0.05) is 0 Å². The highest BCUT2D eigenvalue weighted by Crippen LogP contribution is 2.31. The number of aromatic carboxylic acids is 1. The number of ether oxygens (including phenoxy) is 1. The molecule has 0 heterocycles. The maximum Gasteiger partial charge on any atom is 0.335 e. The van der Waals surface area contributed by atoms with Crippen molar-refractivity contribution < 1.29 is 28.2 Å². The summed E-state index contributed by atoms with van der Waals surface area (Å²) >= 11 is 0. The van der Waals surface area contributed by atoms with Gasteiger partial charge >= 0.3 is 5.97 Å². The smallest absolute Gasteiger partial charge is 0.335 e. The Balaban J connectivity index is 2.52. The Kier molecular flexibility index (Phi) is 4.70. The minimum Gasteiger partial charge on any atom is -0.506 e. The molecule has 0 unspecified atom stereocenters. The van der Waals surface area contributed by atoms with Crippen LogP contribution in [0, 0.1) is 13.8 Å². The maximum absolute atomic E-state index is 12.6. The molecule has 0 fully saturated rings. The molecule has 2 rings (SSSR count). The molecule has 3 N–H and O–H groups in total. The number of hydrogen-bond acceptors (Lipinski definition) is 5. The normalized spacial score (nSPS) is 11.1. The van der Waals surface area contributed by atoms with Crippen molar-refractivity contribution in [3.8, 4) is 11.5 Å². The van der Waals surface area contributed by atoms with Gasteiger partial charge in [0.1, 0.15) is 16.4 Å². The highest BCUT2D eigenvalue weighted by Gasteiger charge is 2.22. The number of anilines is 1. The Bertz CT molecular complexity index is 905. The molecule has 8 heteroatoms. The number of phenols is 1. The van der Waals surface area contributed by atoms with E-state index in [0.29, 0.717) is 0 Å². The monoisotopic (exact) mass is 351 g/mol. The summed E-state index contributed by atoms with van der Waals surface area (Å²) in [5.74, 6) is -1.47. The summed E-state index contributed by atoms with van der Waals surface area (Å²) in [6, 6.07) is 6.37. The average Bonchev–Trinajstić information content (AvgIpc) is 2.51. The van der Waals surface area contributed by atoms with E-state index in [1.165, 1.54) is 19.2 Å². The topological polar surface area (TPSA) is 113 Å². The lowest BCUT2D eigenvalue weighted by Crippen LogP contribution is -2.15. The van der Waals surface area contributed by atoms with E-state index in [1.54, 1.807) is 13.0 Å². The third kappa shape index (κ3) is 3.43. The van der Waals surface area contributed by atoms with Crippen LogP contribution in [0.3, 0.4) is 0 Å². The van der Waals surface area contributed by atoms with Gasteiger partial charge in [0.2, 0.25) is 0 Å². The zero-order chi connectivity index (χ0) is 18.1. The first kappa shape index (κ1) is 17.6. The lowest BCUT2D eigenvalue weighted by molar-refractivity contribution is 0.0697. The first-order valence-electron chi connectivity index (χ1n) is 6.90. The third-order valence-corrected chi connectivity index (χ3v) is 4.94. The van der Waals surface area contributed by atoms with Gasteiger partial charge in [0.25, 0.3) is 10.0 Å². The number of hydrogen-bond donors (Lipinski definition) is 3. The molecule has 2 aromatic carbocycles. The fraction of sp³-hybridized carbons (Fsp3) is 0.188. The maximum atomic E-state index is 12.6. The minimum absolute atomic E-state index is 0.103. The van der Waals surface area contributed by atoms with Gasteiger partial charge in [-0.15, -0.1) is 0 Å². The van der Waals surface area contributed by atoms with Gasteiger partial charge in [-0.1, -0.05) is 0 Å². The molecule has 0 atom stereocenters. The summed E-state index contributed by atoms with van der Waals surface area (Å²) in [4.78, 5) is 10.9. The quantitative estimate of drug-likeness (QED) is 0.714. The van der Waals surface area contributed by atoms with Crippen LogP contribution >= 0.6 is 0 Å². The molecule has 0 amide bonds. The van der Waals surface area contributed by atoms with E-state index in [1.807, 2.05) is 6.92 Å². The SMILES string of the molecule is COc1cc(C)c(C)cc1S(=O)(=O)Nc1cc(C(=O)O)ccc1O. The number of phenolic OH excluding ortho intramolecular Hbond substituents is 1. The van der Waals surface area contributed by atoms with Crippen LogP contribution in [-0.4, -0.2) is 31.7 Å². The molecule has 0 aromatic heterocycles. The van der Waals surface area contributed by atoms with Crippen LogP contribution in [0.15, 0.2) is 35.2 Å². The van der Waals surface area contributed by atoms with E-state index in [2.05, 4.69) is 4.72 Å². The Morgan fingerprint density at radius 2 is 1.75 bits per heavy atom. The second-order valence-electron chi connectivity index (χ2n) is 5.23. The van der Waals surface area contributed by atoms with Crippen molar-refractivity contribution in [3.05, 3.63) is 47.0 Å². The van der Waals surface area contributed by atoms with Gasteiger partial charge in [-0.25, -0.2) is 13.2 Å². The molecule has 24 heavy (non-hydrogen) atoms. The Labute approximate surface area is 139 Å². The van der Waals surface area contributed by atoms with Gasteiger partial charge in [0.15, 0.2) is 0 Å². The van der Waals surface area contributed by atoms with Crippen molar-refractivity contribution in [1.29, 1.82) is 0 Å². The Hall–Kier alpha value is -2.74. The molecular formula is C16H17NO6S. The molecule has 128 valence electrons. The molecule has 0 aliphatic carbocycles. The number of carbonyl (C=O) groups is 1. The number of aromatic hydroxyl groups is 1. The summed E-state index contributed by atoms with van der Waals surface area (Å²) in [5.41, 5.74) is 1.23. The van der Waals surface area contributed by atoms with Crippen LogP contribution in [0.4, 0.5) is 5.69 Å². The number of carboxylic acids is 1. The average molecular weight is 351 g/mol. The second kappa shape index (κ2) is 6.40. The molecule has 0 saturated heterocycles. The number of rotatable bonds is 5. The van der Waals surface area contributed by atoms with Crippen molar-refractivity contribution in [1.82, 2.24) is 0 Å². The van der Waals surface area contributed by atoms with Crippen molar-refractivity contribution >= 4 is 21.7 Å². The summed E-state index contributed by atoms with van der Waals surface area (Å²) in [6.07, 6.45) is 0. The summed E-state index contributed by atoms with van der Waals surface area (Å²) < 4.78 is 32.6. The zero-order valence-corrected chi connectivity index (χ0v) is 14.1. The Morgan fingerprint density at radius 3 is 2.33 bits per heavy atom. The van der Waals surface area contributed by atoms with E-state index in [9.17, 15) is 18.3 Å². The third-order valence-electron chi connectivity index (χ3n) is 3.56. The molecule has 0 bridgehead atoms. The van der Waals surface area contributed by atoms with Crippen LogP contribution in [0.25, 0.3) is 0 Å². The largest absolute Gasteiger partial charge is 0.506 e. The number of carboxylic acid groups (broad SMARTS) is 1. The highest BCUT2D eigenvalue weighted by atomic mass is 32.2. The van der Waals surface area contributed by atoms with Crippen molar-refractivity contribution in [2.24, 2.45) is 0 Å². The highest BCUT2D eigenvalue weighted by molar-refractivity contribution is 7.92. The van der Waals surface area contributed by atoms with E-state index >= 15 is 0 Å². The fourth-order valence-corrected chi connectivity index (χ4v) is 3.39. The van der Waals surface area contributed by atoms with Crippen molar-refractivity contribution in [3.63, 3.8) is 0 Å². The van der Waals surface area contributed by atoms with Crippen molar-refractivity contribution in [2.45, 2.75) is 18.7 Å². The molecule has 0 spiro atoms. The number of sulfonamides is 1. The first-order chi connectivity index (χ1) is 11.2. The standard InChI is InChI=1S/C16H17NO6S/c1-9-6-14(23-3)15(7-10(9)2)24(21,22)17-12-8-11(16(19)20)4-5-13(12)18/h4-8,17-18H,1-3H3,(H,19,20). The van der Waals surface area contributed by atoms with Gasteiger partial charge in [0.05, 0.1) is 18.4 Å².